The topological polar surface area (TPSA) is 87.6 Å². The maximum Gasteiger partial charge on any atom is 0.698 e. The van der Waals surface area contributed by atoms with Gasteiger partial charge in [0.1, 0.15) is 12.2 Å². The van der Waals surface area contributed by atoms with E-state index >= 15 is 0 Å². The van der Waals surface area contributed by atoms with Crippen LogP contribution in [0.15, 0.2) is 48.5 Å². The van der Waals surface area contributed by atoms with Crippen LogP contribution < -0.4 is 11.5 Å². The highest BCUT2D eigenvalue weighted by molar-refractivity contribution is 7.33. The van der Waals surface area contributed by atoms with Crippen molar-refractivity contribution in [3.05, 3.63) is 70.8 Å². The zero-order valence-corrected chi connectivity index (χ0v) is 21.3. The van der Waals surface area contributed by atoms with Gasteiger partial charge < -0.3 is 11.5 Å². The Morgan fingerprint density at radius 1 is 0.719 bits per heavy atom. The molecule has 2 rings (SSSR count). The van der Waals surface area contributed by atoms with Crippen molar-refractivity contribution in [2.45, 2.75) is 90.5 Å². The zero-order valence-electron chi connectivity index (χ0n) is 20.4. The van der Waals surface area contributed by atoms with Crippen LogP contribution in [-0.2, 0) is 24.7 Å². The van der Waals surface area contributed by atoms with E-state index in [0.29, 0.717) is 25.7 Å². The highest BCUT2D eigenvalue weighted by Crippen LogP contribution is 2.41. The normalized spacial score (nSPS) is 17.8. The van der Waals surface area contributed by atoms with Crippen LogP contribution >= 0.6 is 8.25 Å². The Kier molecular flexibility index (Phi) is 9.56. The maximum atomic E-state index is 13.1. The first-order chi connectivity index (χ1) is 15.1. The number of hydrogen-bond donors (Lipinski definition) is 2. The van der Waals surface area contributed by atoms with Crippen molar-refractivity contribution in [1.29, 1.82) is 0 Å². The van der Waals surface area contributed by atoms with E-state index in [-0.39, 0.29) is 0 Å². The molecule has 0 heterocycles. The van der Waals surface area contributed by atoms with Gasteiger partial charge in [0.25, 0.3) is 0 Å². The summed E-state index contributed by atoms with van der Waals surface area (Å²) in [4.78, 5) is 0. The van der Waals surface area contributed by atoms with Gasteiger partial charge in [-0.25, -0.2) is 0 Å². The van der Waals surface area contributed by atoms with Gasteiger partial charge >= 0.3 is 8.25 Å². The molecule has 0 aliphatic carbocycles. The van der Waals surface area contributed by atoms with Crippen LogP contribution in [0.5, 0.6) is 0 Å². The third-order valence-electron chi connectivity index (χ3n) is 6.67. The SMILES string of the molecule is CCC(O[P+](=O)OC(CC)C(N)(CC)c1ccc(C)cc1)C(N)(CC)c1ccc(C)cc1. The Hall–Kier alpha value is -1.62. The summed E-state index contributed by atoms with van der Waals surface area (Å²) in [5, 5.41) is 0. The molecule has 2 aromatic rings. The van der Waals surface area contributed by atoms with Gasteiger partial charge in [0, 0.05) is 4.57 Å². The molecule has 0 aromatic heterocycles. The van der Waals surface area contributed by atoms with Gasteiger partial charge in [0.15, 0.2) is 0 Å². The minimum atomic E-state index is -2.41. The second kappa shape index (κ2) is 11.5. The summed E-state index contributed by atoms with van der Waals surface area (Å²) in [5.74, 6) is 0. The molecule has 0 aliphatic rings. The minimum Gasteiger partial charge on any atom is -0.319 e. The van der Waals surface area contributed by atoms with Gasteiger partial charge in [-0.05, 0) is 50.7 Å². The van der Waals surface area contributed by atoms with E-state index in [1.54, 1.807) is 0 Å². The first kappa shape index (κ1) is 26.6. The number of benzene rings is 2. The summed E-state index contributed by atoms with van der Waals surface area (Å²) in [7, 11) is -2.41. The lowest BCUT2D eigenvalue weighted by atomic mass is 9.81. The first-order valence-electron chi connectivity index (χ1n) is 11.7. The smallest absolute Gasteiger partial charge is 0.319 e. The minimum absolute atomic E-state index is 0.454. The Morgan fingerprint density at radius 2 is 1.03 bits per heavy atom. The van der Waals surface area contributed by atoms with Gasteiger partial charge in [-0.15, -0.1) is 9.05 Å². The zero-order chi connectivity index (χ0) is 23.9. The fourth-order valence-corrected chi connectivity index (χ4v) is 5.40. The van der Waals surface area contributed by atoms with E-state index in [0.717, 1.165) is 22.3 Å². The Morgan fingerprint density at radius 3 is 1.28 bits per heavy atom. The van der Waals surface area contributed by atoms with Crippen molar-refractivity contribution in [2.75, 3.05) is 0 Å². The van der Waals surface area contributed by atoms with Crippen molar-refractivity contribution < 1.29 is 13.6 Å². The molecule has 32 heavy (non-hydrogen) atoms. The average molecular weight is 460 g/mol. The molecular weight excluding hydrogens is 419 g/mol. The highest BCUT2D eigenvalue weighted by atomic mass is 31.1. The molecule has 4 N–H and O–H groups in total. The Bertz CT molecular complexity index is 800. The molecule has 0 fully saturated rings. The predicted molar refractivity (Wildman–Crippen MR) is 133 cm³/mol. The van der Waals surface area contributed by atoms with Crippen LogP contribution in [0, 0.1) is 13.8 Å². The van der Waals surface area contributed by atoms with Crippen LogP contribution in [0.3, 0.4) is 0 Å². The van der Waals surface area contributed by atoms with Crippen LogP contribution in [-0.4, -0.2) is 12.2 Å². The molecule has 0 saturated heterocycles. The lowest BCUT2D eigenvalue weighted by molar-refractivity contribution is 0.0466. The molecule has 6 heteroatoms. The largest absolute Gasteiger partial charge is 0.698 e. The van der Waals surface area contributed by atoms with E-state index in [2.05, 4.69) is 0 Å². The lowest BCUT2D eigenvalue weighted by Gasteiger charge is -2.34. The number of hydrogen-bond acceptors (Lipinski definition) is 5. The predicted octanol–water partition coefficient (Wildman–Crippen LogP) is 6.38. The maximum absolute atomic E-state index is 13.1. The summed E-state index contributed by atoms with van der Waals surface area (Å²) < 4.78 is 25.0. The van der Waals surface area contributed by atoms with Gasteiger partial charge in [-0.1, -0.05) is 87.4 Å². The van der Waals surface area contributed by atoms with Crippen molar-refractivity contribution >= 4 is 8.25 Å². The average Bonchev–Trinajstić information content (AvgIpc) is 2.80. The van der Waals surface area contributed by atoms with Gasteiger partial charge in [-0.2, -0.15) is 0 Å². The first-order valence-corrected chi connectivity index (χ1v) is 12.8. The second-order valence-electron chi connectivity index (χ2n) is 8.75. The number of rotatable bonds is 12. The van der Waals surface area contributed by atoms with Gasteiger partial charge in [0.05, 0.1) is 11.1 Å². The van der Waals surface area contributed by atoms with Crippen LogP contribution in [0.1, 0.15) is 75.6 Å². The standard InChI is InChI=1S/C26H40N2O3P/c1-7-23(25(27,9-3)21-15-11-19(5)12-16-21)30-32(29)31-24(8-2)26(28,10-4)22-17-13-20(6)14-18-22/h11-18,23-24H,7-10,27-28H2,1-6H3/q+1. The Balaban J connectivity index is 2.22. The molecule has 0 amide bonds. The van der Waals surface area contributed by atoms with Crippen molar-refractivity contribution in [3.8, 4) is 0 Å². The van der Waals surface area contributed by atoms with Gasteiger partial charge in [0.2, 0.25) is 0 Å². The van der Waals surface area contributed by atoms with Crippen molar-refractivity contribution in [3.63, 3.8) is 0 Å². The highest BCUT2D eigenvalue weighted by Gasteiger charge is 2.46. The molecular formula is C26H40N2O3P+. The fourth-order valence-electron chi connectivity index (χ4n) is 4.26. The van der Waals surface area contributed by atoms with Crippen molar-refractivity contribution in [1.82, 2.24) is 0 Å². The van der Waals surface area contributed by atoms with E-state index < -0.39 is 31.5 Å². The van der Waals surface area contributed by atoms with Crippen molar-refractivity contribution in [2.24, 2.45) is 11.5 Å². The molecule has 4 atom stereocenters. The molecule has 0 aliphatic heterocycles. The lowest BCUT2D eigenvalue weighted by Crippen LogP contribution is -2.49. The molecule has 0 bridgehead atoms. The number of aryl methyl sites for hydroxylation is 2. The summed E-state index contributed by atoms with van der Waals surface area (Å²) in [6, 6.07) is 16.2. The molecule has 0 spiro atoms. The monoisotopic (exact) mass is 459 g/mol. The summed E-state index contributed by atoms with van der Waals surface area (Å²) in [6.07, 6.45) is 1.61. The van der Waals surface area contributed by atoms with E-state index in [1.165, 1.54) is 0 Å². The van der Waals surface area contributed by atoms with Crippen LogP contribution in [0.25, 0.3) is 0 Å². The van der Waals surface area contributed by atoms with Gasteiger partial charge in [-0.3, -0.25) is 0 Å². The summed E-state index contributed by atoms with van der Waals surface area (Å²) in [6.45, 7) is 12.1. The quantitative estimate of drug-likeness (QED) is 0.360. The third-order valence-corrected chi connectivity index (χ3v) is 7.52. The molecule has 0 saturated carbocycles. The molecule has 5 nitrogen and oxygen atoms in total. The molecule has 0 radical (unpaired) electrons. The summed E-state index contributed by atoms with van der Waals surface area (Å²) >= 11 is 0. The second-order valence-corrected chi connectivity index (χ2v) is 9.62. The fraction of sp³-hybridized carbons (Fsp3) is 0.538. The Labute approximate surface area is 194 Å². The van der Waals surface area contributed by atoms with Crippen LogP contribution in [0.2, 0.25) is 0 Å². The molecule has 176 valence electrons. The van der Waals surface area contributed by atoms with E-state index in [1.807, 2.05) is 90.1 Å². The van der Waals surface area contributed by atoms with E-state index in [9.17, 15) is 4.57 Å². The third kappa shape index (κ3) is 5.84. The van der Waals surface area contributed by atoms with E-state index in [4.69, 9.17) is 20.5 Å². The summed E-state index contributed by atoms with van der Waals surface area (Å²) in [5.41, 5.74) is 16.4. The molecule has 4 unspecified atom stereocenters. The molecule has 2 aromatic carbocycles. The van der Waals surface area contributed by atoms with Crippen LogP contribution in [0.4, 0.5) is 0 Å². The number of nitrogens with two attached hydrogens (primary N) is 2.